The summed E-state index contributed by atoms with van der Waals surface area (Å²) in [7, 11) is 0. The van der Waals surface area contributed by atoms with E-state index in [0.29, 0.717) is 11.6 Å². The first-order valence-electron chi connectivity index (χ1n) is 4.41. The SMILES string of the molecule is Cc1nc(F)ccc1C(N)C(C)C. The molecule has 0 aromatic carbocycles. The van der Waals surface area contributed by atoms with E-state index in [-0.39, 0.29) is 6.04 Å². The second-order valence-electron chi connectivity index (χ2n) is 3.58. The molecule has 13 heavy (non-hydrogen) atoms. The number of pyridine rings is 1. The standard InChI is InChI=1S/C10H15FN2/c1-6(2)10(12)8-4-5-9(11)13-7(8)3/h4-6,10H,12H2,1-3H3. The maximum Gasteiger partial charge on any atom is 0.213 e. The Morgan fingerprint density at radius 1 is 1.38 bits per heavy atom. The molecule has 1 aromatic heterocycles. The second-order valence-corrected chi connectivity index (χ2v) is 3.58. The van der Waals surface area contributed by atoms with E-state index >= 15 is 0 Å². The average molecular weight is 182 g/mol. The van der Waals surface area contributed by atoms with Crippen LogP contribution in [0.1, 0.15) is 31.1 Å². The topological polar surface area (TPSA) is 38.9 Å². The molecular weight excluding hydrogens is 167 g/mol. The van der Waals surface area contributed by atoms with Crippen LogP contribution in [0.15, 0.2) is 12.1 Å². The lowest BCUT2D eigenvalue weighted by Gasteiger charge is -2.17. The third-order valence-corrected chi connectivity index (χ3v) is 2.17. The molecule has 0 radical (unpaired) electrons. The fourth-order valence-electron chi connectivity index (χ4n) is 1.25. The van der Waals surface area contributed by atoms with Gasteiger partial charge in [-0.2, -0.15) is 4.39 Å². The summed E-state index contributed by atoms with van der Waals surface area (Å²) in [5, 5.41) is 0. The van der Waals surface area contributed by atoms with Gasteiger partial charge in [0.05, 0.1) is 0 Å². The molecule has 0 aliphatic carbocycles. The van der Waals surface area contributed by atoms with Crippen LogP contribution in [0.4, 0.5) is 4.39 Å². The molecule has 1 rings (SSSR count). The lowest BCUT2D eigenvalue weighted by Crippen LogP contribution is -2.18. The Labute approximate surface area is 78.0 Å². The molecule has 1 aromatic rings. The first kappa shape index (κ1) is 10.1. The predicted molar refractivity (Wildman–Crippen MR) is 50.7 cm³/mol. The van der Waals surface area contributed by atoms with E-state index in [1.807, 2.05) is 13.8 Å². The summed E-state index contributed by atoms with van der Waals surface area (Å²) < 4.78 is 12.7. The van der Waals surface area contributed by atoms with Gasteiger partial charge in [-0.25, -0.2) is 4.98 Å². The molecule has 0 fully saturated rings. The van der Waals surface area contributed by atoms with Crippen LogP contribution in [0.3, 0.4) is 0 Å². The van der Waals surface area contributed by atoms with Crippen LogP contribution in [0.2, 0.25) is 0 Å². The second kappa shape index (κ2) is 3.83. The lowest BCUT2D eigenvalue weighted by molar-refractivity contribution is 0.504. The highest BCUT2D eigenvalue weighted by molar-refractivity contribution is 5.22. The zero-order chi connectivity index (χ0) is 10.0. The van der Waals surface area contributed by atoms with Gasteiger partial charge in [-0.05, 0) is 24.5 Å². The lowest BCUT2D eigenvalue weighted by atomic mass is 9.96. The van der Waals surface area contributed by atoms with Crippen molar-refractivity contribution < 1.29 is 4.39 Å². The van der Waals surface area contributed by atoms with Gasteiger partial charge < -0.3 is 5.73 Å². The van der Waals surface area contributed by atoms with Crippen molar-refractivity contribution in [3.63, 3.8) is 0 Å². The number of aromatic nitrogens is 1. The number of hydrogen-bond donors (Lipinski definition) is 1. The van der Waals surface area contributed by atoms with Gasteiger partial charge in [0, 0.05) is 11.7 Å². The van der Waals surface area contributed by atoms with Crippen molar-refractivity contribution in [1.29, 1.82) is 0 Å². The Kier molecular flexibility index (Phi) is 2.98. The largest absolute Gasteiger partial charge is 0.324 e. The third-order valence-electron chi connectivity index (χ3n) is 2.17. The molecule has 0 bridgehead atoms. The van der Waals surface area contributed by atoms with Crippen molar-refractivity contribution in [2.75, 3.05) is 0 Å². The van der Waals surface area contributed by atoms with Crippen LogP contribution in [0.25, 0.3) is 0 Å². The van der Waals surface area contributed by atoms with Crippen LogP contribution >= 0.6 is 0 Å². The van der Waals surface area contributed by atoms with Gasteiger partial charge in [0.25, 0.3) is 0 Å². The molecule has 0 amide bonds. The highest BCUT2D eigenvalue weighted by Gasteiger charge is 2.13. The van der Waals surface area contributed by atoms with Gasteiger partial charge >= 0.3 is 0 Å². The first-order chi connectivity index (χ1) is 6.02. The maximum atomic E-state index is 12.7. The van der Waals surface area contributed by atoms with Crippen LogP contribution in [-0.2, 0) is 0 Å². The van der Waals surface area contributed by atoms with E-state index in [1.165, 1.54) is 6.07 Å². The van der Waals surface area contributed by atoms with Gasteiger partial charge in [-0.15, -0.1) is 0 Å². The molecule has 2 N–H and O–H groups in total. The predicted octanol–water partition coefficient (Wildman–Crippen LogP) is 2.18. The highest BCUT2D eigenvalue weighted by atomic mass is 19.1. The van der Waals surface area contributed by atoms with Crippen molar-refractivity contribution in [2.45, 2.75) is 26.8 Å². The van der Waals surface area contributed by atoms with Gasteiger partial charge in [-0.1, -0.05) is 19.9 Å². The Morgan fingerprint density at radius 2 is 2.00 bits per heavy atom. The van der Waals surface area contributed by atoms with E-state index in [9.17, 15) is 4.39 Å². The fraction of sp³-hybridized carbons (Fsp3) is 0.500. The minimum Gasteiger partial charge on any atom is -0.324 e. The molecule has 0 saturated carbocycles. The van der Waals surface area contributed by atoms with Crippen LogP contribution in [-0.4, -0.2) is 4.98 Å². The van der Waals surface area contributed by atoms with E-state index in [2.05, 4.69) is 4.98 Å². The fourth-order valence-corrected chi connectivity index (χ4v) is 1.25. The summed E-state index contributed by atoms with van der Waals surface area (Å²) in [6.07, 6.45) is 0. The number of hydrogen-bond acceptors (Lipinski definition) is 2. The molecular formula is C10H15FN2. The third kappa shape index (κ3) is 2.25. The summed E-state index contributed by atoms with van der Waals surface area (Å²) in [5.41, 5.74) is 7.54. The van der Waals surface area contributed by atoms with Crippen molar-refractivity contribution >= 4 is 0 Å². The Morgan fingerprint density at radius 3 is 2.46 bits per heavy atom. The minimum atomic E-state index is -0.447. The van der Waals surface area contributed by atoms with Crippen LogP contribution in [0, 0.1) is 18.8 Å². The molecule has 2 nitrogen and oxygen atoms in total. The summed E-state index contributed by atoms with van der Waals surface area (Å²) in [4.78, 5) is 3.73. The Hall–Kier alpha value is -0.960. The normalized spacial score (nSPS) is 13.4. The number of nitrogens with two attached hydrogens (primary N) is 1. The molecule has 1 unspecified atom stereocenters. The summed E-state index contributed by atoms with van der Waals surface area (Å²) in [5.74, 6) is -0.108. The summed E-state index contributed by atoms with van der Waals surface area (Å²) >= 11 is 0. The van der Waals surface area contributed by atoms with Crippen molar-refractivity contribution in [2.24, 2.45) is 11.7 Å². The molecule has 0 spiro atoms. The van der Waals surface area contributed by atoms with E-state index in [4.69, 9.17) is 5.73 Å². The Bertz CT molecular complexity index is 297. The number of aryl methyl sites for hydroxylation is 1. The number of nitrogens with zero attached hydrogens (tertiary/aromatic N) is 1. The number of halogens is 1. The van der Waals surface area contributed by atoms with E-state index in [1.54, 1.807) is 13.0 Å². The van der Waals surface area contributed by atoms with E-state index in [0.717, 1.165) is 5.56 Å². The van der Waals surface area contributed by atoms with Crippen molar-refractivity contribution in [3.8, 4) is 0 Å². The smallest absolute Gasteiger partial charge is 0.213 e. The van der Waals surface area contributed by atoms with E-state index < -0.39 is 5.95 Å². The monoisotopic (exact) mass is 182 g/mol. The highest BCUT2D eigenvalue weighted by Crippen LogP contribution is 2.20. The molecule has 3 heteroatoms. The first-order valence-corrected chi connectivity index (χ1v) is 4.41. The van der Waals surface area contributed by atoms with Crippen LogP contribution < -0.4 is 5.73 Å². The van der Waals surface area contributed by atoms with Crippen molar-refractivity contribution in [3.05, 3.63) is 29.3 Å². The van der Waals surface area contributed by atoms with Gasteiger partial charge in [-0.3, -0.25) is 0 Å². The molecule has 0 aliphatic rings. The number of rotatable bonds is 2. The summed E-state index contributed by atoms with van der Waals surface area (Å²) in [6.45, 7) is 5.85. The zero-order valence-corrected chi connectivity index (χ0v) is 8.21. The van der Waals surface area contributed by atoms with Gasteiger partial charge in [0.1, 0.15) is 0 Å². The molecule has 0 aliphatic heterocycles. The van der Waals surface area contributed by atoms with Crippen molar-refractivity contribution in [1.82, 2.24) is 4.98 Å². The van der Waals surface area contributed by atoms with Crippen LogP contribution in [0.5, 0.6) is 0 Å². The minimum absolute atomic E-state index is 0.0619. The molecule has 0 saturated heterocycles. The van der Waals surface area contributed by atoms with Gasteiger partial charge in [0.2, 0.25) is 5.95 Å². The molecule has 1 atom stereocenters. The Balaban J connectivity index is 3.01. The maximum absolute atomic E-state index is 12.7. The van der Waals surface area contributed by atoms with Gasteiger partial charge in [0.15, 0.2) is 0 Å². The molecule has 72 valence electrons. The zero-order valence-electron chi connectivity index (χ0n) is 8.21. The molecule has 1 heterocycles. The quantitative estimate of drug-likeness (QED) is 0.712. The average Bonchev–Trinajstić information content (AvgIpc) is 2.03. The summed E-state index contributed by atoms with van der Waals surface area (Å²) in [6, 6.07) is 3.00.